The van der Waals surface area contributed by atoms with Gasteiger partial charge in [-0.1, -0.05) is 55.5 Å². The van der Waals surface area contributed by atoms with Crippen LogP contribution >= 0.6 is 0 Å². The Balaban J connectivity index is 1.82. The third-order valence-corrected chi connectivity index (χ3v) is 3.68. The highest BCUT2D eigenvalue weighted by Gasteiger charge is 2.16. The van der Waals surface area contributed by atoms with Crippen molar-refractivity contribution in [3.8, 4) is 22.8 Å². The summed E-state index contributed by atoms with van der Waals surface area (Å²) >= 11 is 0. The summed E-state index contributed by atoms with van der Waals surface area (Å²) in [5.41, 5.74) is 3.22. The molecular weight excluding hydrogens is 306 g/mol. The monoisotopic (exact) mass is 323 g/mol. The number of aromatic amines is 1. The molecule has 1 aromatic heterocycles. The molecule has 6 nitrogen and oxygen atoms in total. The van der Waals surface area contributed by atoms with Crippen LogP contribution in [0.1, 0.15) is 35.8 Å². The SMILES string of the molecule is CC(C)c1cccc(-c2ccc(Oc3[nH]nnc3C(=O)O)cc2)c1. The lowest BCUT2D eigenvalue weighted by Gasteiger charge is -2.09. The zero-order valence-corrected chi connectivity index (χ0v) is 13.4. The standard InChI is InChI=1S/C18H17N3O3/c1-11(2)13-4-3-5-14(10-13)12-6-8-15(9-7-12)24-17-16(18(22)23)19-21-20-17/h3-11H,1-2H3,(H,22,23)(H,19,20,21). The van der Waals surface area contributed by atoms with Gasteiger partial charge in [0, 0.05) is 0 Å². The molecule has 2 aromatic carbocycles. The van der Waals surface area contributed by atoms with Gasteiger partial charge < -0.3 is 9.84 Å². The molecule has 3 rings (SSSR count). The highest BCUT2D eigenvalue weighted by atomic mass is 16.5. The molecule has 6 heteroatoms. The van der Waals surface area contributed by atoms with Crippen molar-refractivity contribution in [1.82, 2.24) is 15.4 Å². The first-order chi connectivity index (χ1) is 11.5. The molecule has 0 amide bonds. The van der Waals surface area contributed by atoms with Crippen LogP contribution in [0.15, 0.2) is 48.5 Å². The van der Waals surface area contributed by atoms with Gasteiger partial charge in [-0.25, -0.2) is 9.89 Å². The topological polar surface area (TPSA) is 88.1 Å². The lowest BCUT2D eigenvalue weighted by Crippen LogP contribution is -1.99. The average Bonchev–Trinajstić information content (AvgIpc) is 3.04. The molecule has 0 saturated carbocycles. The fourth-order valence-corrected chi connectivity index (χ4v) is 2.34. The van der Waals surface area contributed by atoms with E-state index in [0.717, 1.165) is 11.1 Å². The van der Waals surface area contributed by atoms with Crippen LogP contribution < -0.4 is 4.74 Å². The Hall–Kier alpha value is -3.15. The fourth-order valence-electron chi connectivity index (χ4n) is 2.34. The molecule has 0 saturated heterocycles. The predicted molar refractivity (Wildman–Crippen MR) is 89.4 cm³/mol. The molecule has 3 aromatic rings. The molecule has 2 N–H and O–H groups in total. The molecule has 1 heterocycles. The van der Waals surface area contributed by atoms with E-state index >= 15 is 0 Å². The number of benzene rings is 2. The Morgan fingerprint density at radius 2 is 1.88 bits per heavy atom. The van der Waals surface area contributed by atoms with E-state index in [1.807, 2.05) is 18.2 Å². The maximum absolute atomic E-state index is 11.0. The molecule has 24 heavy (non-hydrogen) atoms. The molecule has 0 unspecified atom stereocenters. The lowest BCUT2D eigenvalue weighted by atomic mass is 9.97. The molecule has 0 atom stereocenters. The van der Waals surface area contributed by atoms with Gasteiger partial charge in [0.2, 0.25) is 5.69 Å². The number of carboxylic acids is 1. The Bertz CT molecular complexity index is 854. The van der Waals surface area contributed by atoms with Crippen LogP contribution in [0.25, 0.3) is 11.1 Å². The van der Waals surface area contributed by atoms with Crippen LogP contribution in [-0.4, -0.2) is 26.5 Å². The van der Waals surface area contributed by atoms with E-state index in [4.69, 9.17) is 9.84 Å². The van der Waals surface area contributed by atoms with E-state index in [0.29, 0.717) is 11.7 Å². The van der Waals surface area contributed by atoms with Crippen molar-refractivity contribution in [2.45, 2.75) is 19.8 Å². The molecule has 0 spiro atoms. The molecule has 0 aliphatic carbocycles. The number of nitrogens with zero attached hydrogens (tertiary/aromatic N) is 2. The van der Waals surface area contributed by atoms with Crippen LogP contribution in [0.3, 0.4) is 0 Å². The normalized spacial score (nSPS) is 10.8. The third-order valence-electron chi connectivity index (χ3n) is 3.68. The number of hydrogen-bond donors (Lipinski definition) is 2. The van der Waals surface area contributed by atoms with Gasteiger partial charge in [0.1, 0.15) is 5.75 Å². The Morgan fingerprint density at radius 3 is 2.54 bits per heavy atom. The van der Waals surface area contributed by atoms with Gasteiger partial charge in [0.15, 0.2) is 0 Å². The highest BCUT2D eigenvalue weighted by molar-refractivity contribution is 5.87. The van der Waals surface area contributed by atoms with Gasteiger partial charge in [-0.15, -0.1) is 5.10 Å². The fraction of sp³-hybridized carbons (Fsp3) is 0.167. The summed E-state index contributed by atoms with van der Waals surface area (Å²) in [6.07, 6.45) is 0. The van der Waals surface area contributed by atoms with Crippen LogP contribution in [0, 0.1) is 0 Å². The number of hydrogen-bond acceptors (Lipinski definition) is 4. The maximum Gasteiger partial charge on any atom is 0.362 e. The second-order valence-electron chi connectivity index (χ2n) is 5.70. The second-order valence-corrected chi connectivity index (χ2v) is 5.70. The zero-order valence-electron chi connectivity index (χ0n) is 13.4. The first-order valence-electron chi connectivity index (χ1n) is 7.57. The van der Waals surface area contributed by atoms with Crippen molar-refractivity contribution >= 4 is 5.97 Å². The smallest absolute Gasteiger partial charge is 0.362 e. The predicted octanol–water partition coefficient (Wildman–Crippen LogP) is 4.09. The Kier molecular flexibility index (Phi) is 4.29. The minimum Gasteiger partial charge on any atom is -0.476 e. The molecule has 0 radical (unpaired) electrons. The van der Waals surface area contributed by atoms with Crippen molar-refractivity contribution in [3.05, 3.63) is 59.8 Å². The third kappa shape index (κ3) is 3.27. The van der Waals surface area contributed by atoms with Crippen molar-refractivity contribution in [3.63, 3.8) is 0 Å². The van der Waals surface area contributed by atoms with E-state index in [1.165, 1.54) is 5.56 Å². The van der Waals surface area contributed by atoms with E-state index < -0.39 is 5.97 Å². The minimum atomic E-state index is -1.19. The van der Waals surface area contributed by atoms with Crippen LogP contribution in [0.2, 0.25) is 0 Å². The van der Waals surface area contributed by atoms with E-state index in [1.54, 1.807) is 12.1 Å². The van der Waals surface area contributed by atoms with Crippen LogP contribution in [0.5, 0.6) is 11.6 Å². The molecular formula is C18H17N3O3. The molecule has 0 bridgehead atoms. The number of nitrogens with one attached hydrogen (secondary N) is 1. The number of aromatic carboxylic acids is 1. The highest BCUT2D eigenvalue weighted by Crippen LogP contribution is 2.27. The first-order valence-corrected chi connectivity index (χ1v) is 7.57. The van der Waals surface area contributed by atoms with E-state index in [2.05, 4.69) is 47.5 Å². The second kappa shape index (κ2) is 6.54. The van der Waals surface area contributed by atoms with Crippen molar-refractivity contribution in [2.75, 3.05) is 0 Å². The summed E-state index contributed by atoms with van der Waals surface area (Å²) in [7, 11) is 0. The van der Waals surface area contributed by atoms with Gasteiger partial charge in [-0.2, -0.15) is 0 Å². The molecule has 0 fully saturated rings. The number of carboxylic acid groups (broad SMARTS) is 1. The van der Waals surface area contributed by atoms with E-state index in [9.17, 15) is 4.79 Å². The average molecular weight is 323 g/mol. The zero-order chi connectivity index (χ0) is 17.1. The van der Waals surface area contributed by atoms with E-state index in [-0.39, 0.29) is 11.6 Å². The summed E-state index contributed by atoms with van der Waals surface area (Å²) in [5, 5.41) is 18.4. The number of ether oxygens (including phenoxy) is 1. The van der Waals surface area contributed by atoms with Gasteiger partial charge >= 0.3 is 5.97 Å². The number of rotatable bonds is 5. The summed E-state index contributed by atoms with van der Waals surface area (Å²) in [4.78, 5) is 11.0. The van der Waals surface area contributed by atoms with Gasteiger partial charge in [0.05, 0.1) is 0 Å². The molecule has 0 aliphatic heterocycles. The maximum atomic E-state index is 11.0. The lowest BCUT2D eigenvalue weighted by molar-refractivity contribution is 0.0687. The molecule has 122 valence electrons. The molecule has 0 aliphatic rings. The van der Waals surface area contributed by atoms with Gasteiger partial charge in [-0.05, 0) is 34.7 Å². The summed E-state index contributed by atoms with van der Waals surface area (Å²) in [6.45, 7) is 4.32. The summed E-state index contributed by atoms with van der Waals surface area (Å²) < 4.78 is 5.50. The number of carbonyl (C=O) groups is 1. The Morgan fingerprint density at radius 1 is 1.12 bits per heavy atom. The number of H-pyrrole nitrogens is 1. The van der Waals surface area contributed by atoms with Crippen LogP contribution in [-0.2, 0) is 0 Å². The van der Waals surface area contributed by atoms with Gasteiger partial charge in [-0.3, -0.25) is 0 Å². The summed E-state index contributed by atoms with van der Waals surface area (Å²) in [5.74, 6) is -0.208. The van der Waals surface area contributed by atoms with Crippen molar-refractivity contribution in [2.24, 2.45) is 0 Å². The van der Waals surface area contributed by atoms with Crippen molar-refractivity contribution < 1.29 is 14.6 Å². The number of aromatic nitrogens is 3. The largest absolute Gasteiger partial charge is 0.476 e. The Labute approximate surface area is 139 Å². The minimum absolute atomic E-state index is 0.0112. The van der Waals surface area contributed by atoms with Crippen LogP contribution in [0.4, 0.5) is 0 Å². The van der Waals surface area contributed by atoms with Gasteiger partial charge in [0.25, 0.3) is 5.88 Å². The summed E-state index contributed by atoms with van der Waals surface area (Å²) in [6, 6.07) is 15.8. The first kappa shape index (κ1) is 15.7. The quantitative estimate of drug-likeness (QED) is 0.738. The van der Waals surface area contributed by atoms with Crippen molar-refractivity contribution in [1.29, 1.82) is 0 Å².